The van der Waals surface area contributed by atoms with Crippen LogP contribution < -0.4 is 0 Å². The highest BCUT2D eigenvalue weighted by molar-refractivity contribution is 5.00. The molecule has 2 rings (SSSR count). The molecule has 0 saturated carbocycles. The fourth-order valence-electron chi connectivity index (χ4n) is 1.58. The van der Waals surface area contributed by atoms with Crippen LogP contribution in [-0.2, 0) is 15.9 Å². The Hall–Kier alpha value is -1.02. The van der Waals surface area contributed by atoms with E-state index in [1.54, 1.807) is 0 Å². The van der Waals surface area contributed by atoms with Gasteiger partial charge < -0.3 is 24.2 Å². The SMILES string of the molecule is CCc1nc(C2OC(OC)C(O)C2O)no1. The van der Waals surface area contributed by atoms with Gasteiger partial charge in [-0.15, -0.1) is 0 Å². The maximum Gasteiger partial charge on any atom is 0.226 e. The number of aliphatic hydroxyl groups excluding tert-OH is 2. The zero-order valence-electron chi connectivity index (χ0n) is 9.03. The maximum absolute atomic E-state index is 9.72. The lowest BCUT2D eigenvalue weighted by Gasteiger charge is -2.11. The second kappa shape index (κ2) is 4.46. The van der Waals surface area contributed by atoms with Crippen LogP contribution in [0.5, 0.6) is 0 Å². The monoisotopic (exact) mass is 230 g/mol. The molecule has 0 bridgehead atoms. The van der Waals surface area contributed by atoms with E-state index in [4.69, 9.17) is 14.0 Å². The van der Waals surface area contributed by atoms with Gasteiger partial charge in [-0.2, -0.15) is 4.98 Å². The molecule has 1 aromatic heterocycles. The number of methoxy groups -OCH3 is 1. The summed E-state index contributed by atoms with van der Waals surface area (Å²) in [5, 5.41) is 23.0. The first-order valence-electron chi connectivity index (χ1n) is 5.04. The van der Waals surface area contributed by atoms with E-state index in [1.807, 2.05) is 6.92 Å². The molecule has 1 aliphatic rings. The van der Waals surface area contributed by atoms with Crippen LogP contribution >= 0.6 is 0 Å². The van der Waals surface area contributed by atoms with Crippen LogP contribution in [0.3, 0.4) is 0 Å². The van der Waals surface area contributed by atoms with Gasteiger partial charge in [-0.3, -0.25) is 0 Å². The van der Waals surface area contributed by atoms with Crippen molar-refractivity contribution in [1.82, 2.24) is 10.1 Å². The van der Waals surface area contributed by atoms with Crippen molar-refractivity contribution in [2.45, 2.75) is 37.9 Å². The van der Waals surface area contributed by atoms with E-state index in [9.17, 15) is 10.2 Å². The number of aliphatic hydroxyl groups is 2. The summed E-state index contributed by atoms with van der Waals surface area (Å²) in [7, 11) is 1.39. The van der Waals surface area contributed by atoms with E-state index in [0.29, 0.717) is 12.3 Å². The number of nitrogens with zero attached hydrogens (tertiary/aromatic N) is 2. The van der Waals surface area contributed by atoms with Crippen LogP contribution in [0.15, 0.2) is 4.52 Å². The Kier molecular flexibility index (Phi) is 3.20. The molecule has 1 fully saturated rings. The summed E-state index contributed by atoms with van der Waals surface area (Å²) in [6, 6.07) is 0. The number of hydrogen-bond acceptors (Lipinski definition) is 7. The zero-order chi connectivity index (χ0) is 11.7. The third-order valence-electron chi connectivity index (χ3n) is 2.49. The van der Waals surface area contributed by atoms with Crippen molar-refractivity contribution in [3.63, 3.8) is 0 Å². The Labute approximate surface area is 92.0 Å². The molecule has 4 unspecified atom stereocenters. The summed E-state index contributed by atoms with van der Waals surface area (Å²) in [5.41, 5.74) is 0. The van der Waals surface area contributed by atoms with Gasteiger partial charge in [0.15, 0.2) is 12.4 Å². The van der Waals surface area contributed by atoms with Crippen LogP contribution in [0.1, 0.15) is 24.7 Å². The third-order valence-corrected chi connectivity index (χ3v) is 2.49. The Morgan fingerprint density at radius 2 is 2.12 bits per heavy atom. The van der Waals surface area contributed by atoms with Crippen LogP contribution in [0.25, 0.3) is 0 Å². The van der Waals surface area contributed by atoms with E-state index in [-0.39, 0.29) is 5.82 Å². The van der Waals surface area contributed by atoms with Crippen molar-refractivity contribution in [3.05, 3.63) is 11.7 Å². The summed E-state index contributed by atoms with van der Waals surface area (Å²) in [4.78, 5) is 4.03. The molecule has 2 N–H and O–H groups in total. The first-order valence-corrected chi connectivity index (χ1v) is 5.04. The van der Waals surface area contributed by atoms with Crippen LogP contribution in [0.4, 0.5) is 0 Å². The molecule has 0 amide bonds. The topological polar surface area (TPSA) is 97.8 Å². The predicted molar refractivity (Wildman–Crippen MR) is 50.3 cm³/mol. The molecule has 16 heavy (non-hydrogen) atoms. The molecule has 1 aromatic rings. The predicted octanol–water partition coefficient (Wildman–Crippen LogP) is -0.602. The van der Waals surface area contributed by atoms with Crippen LogP contribution in [0, 0.1) is 0 Å². The van der Waals surface area contributed by atoms with Crippen molar-refractivity contribution in [2.75, 3.05) is 7.11 Å². The molecule has 90 valence electrons. The normalized spacial score (nSPS) is 34.5. The molecule has 0 spiro atoms. The number of aromatic nitrogens is 2. The van der Waals surface area contributed by atoms with Gasteiger partial charge in [-0.25, -0.2) is 0 Å². The first-order chi connectivity index (χ1) is 7.67. The Bertz CT molecular complexity index is 355. The number of rotatable bonds is 3. The van der Waals surface area contributed by atoms with Crippen molar-refractivity contribution >= 4 is 0 Å². The summed E-state index contributed by atoms with van der Waals surface area (Å²) in [6.07, 6.45) is -3.31. The van der Waals surface area contributed by atoms with Gasteiger partial charge in [-0.1, -0.05) is 12.1 Å². The maximum atomic E-state index is 9.72. The van der Waals surface area contributed by atoms with E-state index in [2.05, 4.69) is 10.1 Å². The van der Waals surface area contributed by atoms with Gasteiger partial charge in [-0.05, 0) is 0 Å². The fourth-order valence-corrected chi connectivity index (χ4v) is 1.58. The number of ether oxygens (including phenoxy) is 2. The first kappa shape index (κ1) is 11.5. The lowest BCUT2D eigenvalue weighted by Crippen LogP contribution is -2.31. The minimum Gasteiger partial charge on any atom is -0.387 e. The number of hydrogen-bond donors (Lipinski definition) is 2. The number of aryl methyl sites for hydroxylation is 1. The van der Waals surface area contributed by atoms with E-state index < -0.39 is 24.6 Å². The highest BCUT2D eigenvalue weighted by Crippen LogP contribution is 2.32. The molecule has 1 saturated heterocycles. The highest BCUT2D eigenvalue weighted by atomic mass is 16.7. The molecule has 2 heterocycles. The second-order valence-corrected chi connectivity index (χ2v) is 3.54. The van der Waals surface area contributed by atoms with Gasteiger partial charge in [0, 0.05) is 13.5 Å². The largest absolute Gasteiger partial charge is 0.387 e. The minimum atomic E-state index is -1.12. The quantitative estimate of drug-likeness (QED) is 0.715. The van der Waals surface area contributed by atoms with Crippen LogP contribution in [0.2, 0.25) is 0 Å². The molecule has 7 nitrogen and oxygen atoms in total. The second-order valence-electron chi connectivity index (χ2n) is 3.54. The van der Waals surface area contributed by atoms with Gasteiger partial charge in [0.1, 0.15) is 12.2 Å². The lowest BCUT2D eigenvalue weighted by molar-refractivity contribution is -0.150. The molecule has 0 aliphatic carbocycles. The van der Waals surface area contributed by atoms with E-state index >= 15 is 0 Å². The summed E-state index contributed by atoms with van der Waals surface area (Å²) in [5.74, 6) is 0.684. The van der Waals surface area contributed by atoms with Crippen molar-refractivity contribution in [2.24, 2.45) is 0 Å². The van der Waals surface area contributed by atoms with E-state index in [1.165, 1.54) is 7.11 Å². The Morgan fingerprint density at radius 3 is 2.62 bits per heavy atom. The van der Waals surface area contributed by atoms with Crippen LogP contribution in [-0.4, -0.2) is 46.0 Å². The molecule has 1 aliphatic heterocycles. The van der Waals surface area contributed by atoms with Gasteiger partial charge in [0.25, 0.3) is 0 Å². The van der Waals surface area contributed by atoms with Crippen molar-refractivity contribution in [3.8, 4) is 0 Å². The highest BCUT2D eigenvalue weighted by Gasteiger charge is 2.45. The third kappa shape index (κ3) is 1.82. The van der Waals surface area contributed by atoms with E-state index in [0.717, 1.165) is 0 Å². The fraction of sp³-hybridized carbons (Fsp3) is 0.778. The standard InChI is InChI=1S/C9H14N2O5/c1-3-4-10-8(11-16-4)7-5(12)6(13)9(14-2)15-7/h5-7,9,12-13H,3H2,1-2H3. The average Bonchev–Trinajstić information content (AvgIpc) is 2.86. The molecule has 0 aromatic carbocycles. The lowest BCUT2D eigenvalue weighted by atomic mass is 10.1. The summed E-state index contributed by atoms with van der Waals surface area (Å²) < 4.78 is 15.0. The minimum absolute atomic E-state index is 0.225. The summed E-state index contributed by atoms with van der Waals surface area (Å²) in [6.45, 7) is 1.87. The van der Waals surface area contributed by atoms with Crippen molar-refractivity contribution < 1.29 is 24.2 Å². The van der Waals surface area contributed by atoms with Gasteiger partial charge in [0.05, 0.1) is 0 Å². The average molecular weight is 230 g/mol. The van der Waals surface area contributed by atoms with Gasteiger partial charge >= 0.3 is 0 Å². The molecule has 0 radical (unpaired) electrons. The Balaban J connectivity index is 2.16. The Morgan fingerprint density at radius 1 is 1.38 bits per heavy atom. The zero-order valence-corrected chi connectivity index (χ0v) is 9.03. The molecule has 7 heteroatoms. The summed E-state index contributed by atoms with van der Waals surface area (Å²) >= 11 is 0. The molecular formula is C9H14N2O5. The van der Waals surface area contributed by atoms with Gasteiger partial charge in [0.2, 0.25) is 11.7 Å². The smallest absolute Gasteiger partial charge is 0.226 e. The molecular weight excluding hydrogens is 216 g/mol. The van der Waals surface area contributed by atoms with Crippen molar-refractivity contribution in [1.29, 1.82) is 0 Å². The molecule has 4 atom stereocenters.